The van der Waals surface area contributed by atoms with E-state index in [4.69, 9.17) is 0 Å². The first kappa shape index (κ1) is 14.5. The van der Waals surface area contributed by atoms with Gasteiger partial charge in [0.1, 0.15) is 0 Å². The third-order valence-electron chi connectivity index (χ3n) is 3.68. The van der Waals surface area contributed by atoms with Gasteiger partial charge in [0.25, 0.3) is 0 Å². The zero-order chi connectivity index (χ0) is 13.0. The summed E-state index contributed by atoms with van der Waals surface area (Å²) in [6, 6.07) is 0. The molecule has 18 heavy (non-hydrogen) atoms. The van der Waals surface area contributed by atoms with Crippen molar-refractivity contribution in [3.8, 4) is 0 Å². The van der Waals surface area contributed by atoms with Crippen LogP contribution in [0.2, 0.25) is 13.1 Å². The fourth-order valence-corrected chi connectivity index (χ4v) is 19.7. The summed E-state index contributed by atoms with van der Waals surface area (Å²) in [7, 11) is 0. The second-order valence-corrected chi connectivity index (χ2v) is 22.8. The molecule has 0 spiro atoms. The summed E-state index contributed by atoms with van der Waals surface area (Å²) in [5.74, 6) is 0. The second-order valence-electron chi connectivity index (χ2n) is 5.46. The molecule has 0 bridgehead atoms. The number of hydrogen-bond acceptors (Lipinski definition) is 0. The summed E-state index contributed by atoms with van der Waals surface area (Å²) in [6.07, 6.45) is 18.7. The van der Waals surface area contributed by atoms with E-state index < -0.39 is 20.4 Å². The quantitative estimate of drug-likeness (QED) is 0.613. The molecule has 0 aromatic rings. The van der Waals surface area contributed by atoms with Crippen molar-refractivity contribution in [2.24, 2.45) is 0 Å². The van der Waals surface area contributed by atoms with E-state index in [-0.39, 0.29) is 5.43 Å². The van der Waals surface area contributed by atoms with Gasteiger partial charge in [-0.15, -0.1) is 0 Å². The van der Waals surface area contributed by atoms with E-state index in [1.54, 1.807) is 5.57 Å². The van der Waals surface area contributed by atoms with Crippen LogP contribution in [0.1, 0.15) is 39.0 Å². The van der Waals surface area contributed by atoms with Gasteiger partial charge in [0.05, 0.1) is 0 Å². The van der Waals surface area contributed by atoms with E-state index >= 15 is 0 Å². The zero-order valence-corrected chi connectivity index (χ0v) is 15.4. The first-order valence-corrected chi connectivity index (χ1v) is 15.8. The van der Waals surface area contributed by atoms with Gasteiger partial charge in [-0.05, 0) is 0 Å². The normalized spacial score (nSPS) is 17.6. The molecule has 2 rings (SSSR count). The molecule has 0 radical (unpaired) electrons. The Balaban J connectivity index is 2.14. The molecule has 0 aromatic heterocycles. The molecule has 0 fully saturated rings. The minimum atomic E-state index is -1.42. The molecule has 0 nitrogen and oxygen atoms in total. The van der Waals surface area contributed by atoms with Crippen LogP contribution in [0.4, 0.5) is 0 Å². The molecular weight excluding hydrogens is 311 g/mol. The Morgan fingerprint density at radius 1 is 1.22 bits per heavy atom. The molecule has 96 valence electrons. The molecule has 0 heterocycles. The first-order valence-electron chi connectivity index (χ1n) is 7.16. The fraction of sp³-hybridized carbons (Fsp3) is 0.500. The van der Waals surface area contributed by atoms with Crippen LogP contribution in [0.25, 0.3) is 0 Å². The SMILES string of the molecule is CCCCC1=CC[C]([Zr]([C]2=CC=CC2)=[Si](C)C)=C1. The van der Waals surface area contributed by atoms with E-state index in [1.807, 2.05) is 6.56 Å². The van der Waals surface area contributed by atoms with Crippen molar-refractivity contribution >= 4 is 5.43 Å². The van der Waals surface area contributed by atoms with Crippen molar-refractivity contribution in [1.82, 2.24) is 0 Å². The number of rotatable bonds is 5. The van der Waals surface area contributed by atoms with Gasteiger partial charge in [0.15, 0.2) is 0 Å². The molecule has 0 N–H and O–H groups in total. The third kappa shape index (κ3) is 3.54. The van der Waals surface area contributed by atoms with Crippen molar-refractivity contribution in [3.05, 3.63) is 42.5 Å². The van der Waals surface area contributed by atoms with E-state index in [2.05, 4.69) is 50.4 Å². The van der Waals surface area contributed by atoms with Gasteiger partial charge in [0, 0.05) is 0 Å². The number of allylic oxidation sites excluding steroid dienone is 8. The summed E-state index contributed by atoms with van der Waals surface area (Å²) < 4.78 is 3.74. The standard InChI is InChI=1S/C9H13.C5H5.C2H6Si.Zr/c1-2-3-6-9-7-4-5-8-9;1-2-4-5-3-1;1-3-2;/h7-8H,2-4,6H2,1H3;1-3H,4H2;1-2H3;. The maximum absolute atomic E-state index is 2.60. The summed E-state index contributed by atoms with van der Waals surface area (Å²) in [5, 5.41) is 0. The van der Waals surface area contributed by atoms with Crippen LogP contribution >= 0.6 is 0 Å². The van der Waals surface area contributed by atoms with E-state index in [0.29, 0.717) is 0 Å². The number of unbranched alkanes of at least 4 members (excludes halogenated alkanes) is 1. The predicted molar refractivity (Wildman–Crippen MR) is 79.6 cm³/mol. The van der Waals surface area contributed by atoms with Gasteiger partial charge in [-0.3, -0.25) is 0 Å². The van der Waals surface area contributed by atoms with Crippen molar-refractivity contribution in [2.45, 2.75) is 52.1 Å². The zero-order valence-electron chi connectivity index (χ0n) is 11.9. The van der Waals surface area contributed by atoms with Gasteiger partial charge < -0.3 is 0 Å². The van der Waals surface area contributed by atoms with Crippen LogP contribution in [0, 0.1) is 0 Å². The van der Waals surface area contributed by atoms with Crippen LogP contribution in [-0.2, 0) is 20.4 Å². The molecule has 2 aliphatic carbocycles. The molecule has 2 aliphatic rings. The Labute approximate surface area is 120 Å². The van der Waals surface area contributed by atoms with Gasteiger partial charge >= 0.3 is 120 Å². The monoisotopic (exact) mass is 334 g/mol. The average Bonchev–Trinajstić information content (AvgIpc) is 2.98. The van der Waals surface area contributed by atoms with Crippen molar-refractivity contribution < 1.29 is 20.4 Å². The van der Waals surface area contributed by atoms with Crippen molar-refractivity contribution in [1.29, 1.82) is 0 Å². The molecule has 2 heteroatoms. The summed E-state index contributed by atoms with van der Waals surface area (Å²) >= 11 is -1.42. The number of hydrogen-bond donors (Lipinski definition) is 0. The van der Waals surface area contributed by atoms with Gasteiger partial charge in [-0.25, -0.2) is 0 Å². The topological polar surface area (TPSA) is 0 Å². The Hall–Kier alpha value is 0.0600. The summed E-state index contributed by atoms with van der Waals surface area (Å²) in [6.45, 7) is 7.38. The third-order valence-corrected chi connectivity index (χ3v) is 20.8. The molecule has 0 unspecified atom stereocenters. The second kappa shape index (κ2) is 7.01. The molecular formula is C16H24SiZr. The van der Waals surface area contributed by atoms with Crippen LogP contribution in [0.5, 0.6) is 0 Å². The van der Waals surface area contributed by atoms with Crippen molar-refractivity contribution in [3.63, 3.8) is 0 Å². The Morgan fingerprint density at radius 3 is 2.67 bits per heavy atom. The molecule has 0 saturated carbocycles. The van der Waals surface area contributed by atoms with E-state index in [0.717, 1.165) is 0 Å². The van der Waals surface area contributed by atoms with Crippen LogP contribution in [0.15, 0.2) is 42.5 Å². The molecule has 0 aliphatic heterocycles. The average molecular weight is 336 g/mol. The van der Waals surface area contributed by atoms with Crippen molar-refractivity contribution in [2.75, 3.05) is 0 Å². The Kier molecular flexibility index (Phi) is 5.63. The first-order chi connectivity index (χ1) is 8.72. The van der Waals surface area contributed by atoms with Gasteiger partial charge in [-0.2, -0.15) is 0 Å². The summed E-state index contributed by atoms with van der Waals surface area (Å²) in [4.78, 5) is 0. The van der Waals surface area contributed by atoms with Crippen LogP contribution in [-0.4, -0.2) is 5.43 Å². The van der Waals surface area contributed by atoms with Gasteiger partial charge in [-0.1, -0.05) is 0 Å². The Morgan fingerprint density at radius 2 is 2.06 bits per heavy atom. The van der Waals surface area contributed by atoms with Crippen LogP contribution in [0.3, 0.4) is 0 Å². The molecule has 0 aromatic carbocycles. The predicted octanol–water partition coefficient (Wildman–Crippen LogP) is 5.10. The molecule has 0 amide bonds. The maximum atomic E-state index is 2.60. The molecule has 0 saturated heterocycles. The van der Waals surface area contributed by atoms with E-state index in [1.165, 1.54) is 32.1 Å². The van der Waals surface area contributed by atoms with E-state index in [9.17, 15) is 0 Å². The molecule has 0 atom stereocenters. The Bertz CT molecular complexity index is 471. The fourth-order valence-electron chi connectivity index (χ4n) is 2.79. The van der Waals surface area contributed by atoms with Gasteiger partial charge in [0.2, 0.25) is 0 Å². The minimum absolute atomic E-state index is 0.0953. The van der Waals surface area contributed by atoms with Crippen LogP contribution < -0.4 is 0 Å². The summed E-state index contributed by atoms with van der Waals surface area (Å²) in [5.41, 5.74) is 1.54.